The van der Waals surface area contributed by atoms with Crippen LogP contribution in [0.15, 0.2) is 18.5 Å². The van der Waals surface area contributed by atoms with Gasteiger partial charge < -0.3 is 10.3 Å². The van der Waals surface area contributed by atoms with Crippen LogP contribution in [0.25, 0.3) is 0 Å². The minimum atomic E-state index is -0.497. The molecule has 0 saturated carbocycles. The summed E-state index contributed by atoms with van der Waals surface area (Å²) in [5, 5.41) is 2.82. The van der Waals surface area contributed by atoms with Crippen molar-refractivity contribution in [3.63, 3.8) is 0 Å². The first-order valence-corrected chi connectivity index (χ1v) is 4.88. The molecule has 1 heterocycles. The molecule has 1 aromatic rings. The lowest BCUT2D eigenvalue weighted by atomic mass is 10.2. The highest BCUT2D eigenvalue weighted by Gasteiger charge is 2.22. The lowest BCUT2D eigenvalue weighted by Crippen LogP contribution is -2.36. The van der Waals surface area contributed by atoms with Gasteiger partial charge in [-0.25, -0.2) is 0 Å². The maximum absolute atomic E-state index is 11.4. The summed E-state index contributed by atoms with van der Waals surface area (Å²) < 4.78 is -0.497. The first kappa shape index (κ1) is 10.3. The van der Waals surface area contributed by atoms with Gasteiger partial charge in [0.25, 0.3) is 0 Å². The Morgan fingerprint density at radius 3 is 2.85 bits per heavy atom. The first-order chi connectivity index (χ1) is 6.00. The summed E-state index contributed by atoms with van der Waals surface area (Å²) in [6.45, 7) is 4.20. The number of carbonyl (C=O) groups excluding carboxylic acids is 1. The lowest BCUT2D eigenvalue weighted by molar-refractivity contribution is -0.122. The van der Waals surface area contributed by atoms with Gasteiger partial charge in [-0.05, 0) is 25.5 Å². The SMILES string of the molecule is CC(C)(Br)C(=O)NCc1cc[nH]c1. The number of H-pyrrole nitrogens is 1. The van der Waals surface area contributed by atoms with Gasteiger partial charge in [-0.1, -0.05) is 15.9 Å². The molecule has 0 radical (unpaired) electrons. The fraction of sp³-hybridized carbons (Fsp3) is 0.444. The zero-order chi connectivity index (χ0) is 9.90. The van der Waals surface area contributed by atoms with E-state index < -0.39 is 4.32 Å². The van der Waals surface area contributed by atoms with Gasteiger partial charge in [-0.2, -0.15) is 0 Å². The van der Waals surface area contributed by atoms with Crippen LogP contribution < -0.4 is 5.32 Å². The number of alkyl halides is 1. The Kier molecular flexibility index (Phi) is 3.14. The highest BCUT2D eigenvalue weighted by atomic mass is 79.9. The number of amides is 1. The van der Waals surface area contributed by atoms with Gasteiger partial charge in [0.2, 0.25) is 5.91 Å². The van der Waals surface area contributed by atoms with Crippen molar-refractivity contribution in [3.05, 3.63) is 24.0 Å². The van der Waals surface area contributed by atoms with Crippen LogP contribution in [0.4, 0.5) is 0 Å². The molecule has 0 atom stereocenters. The van der Waals surface area contributed by atoms with Crippen molar-refractivity contribution in [1.29, 1.82) is 0 Å². The minimum absolute atomic E-state index is 0.00583. The van der Waals surface area contributed by atoms with Crippen LogP contribution >= 0.6 is 15.9 Å². The van der Waals surface area contributed by atoms with Gasteiger partial charge in [0, 0.05) is 18.9 Å². The highest BCUT2D eigenvalue weighted by Crippen LogP contribution is 2.15. The number of hydrogen-bond acceptors (Lipinski definition) is 1. The van der Waals surface area contributed by atoms with Crippen molar-refractivity contribution >= 4 is 21.8 Å². The maximum Gasteiger partial charge on any atom is 0.236 e. The number of rotatable bonds is 3. The molecule has 0 aliphatic heterocycles. The Labute approximate surface area is 86.0 Å². The Bertz CT molecular complexity index is 274. The topological polar surface area (TPSA) is 44.9 Å². The number of halogens is 1. The van der Waals surface area contributed by atoms with Crippen molar-refractivity contribution in [2.45, 2.75) is 24.7 Å². The predicted octanol–water partition coefficient (Wildman–Crippen LogP) is 1.80. The molecule has 2 N–H and O–H groups in total. The van der Waals surface area contributed by atoms with E-state index in [1.165, 1.54) is 0 Å². The third kappa shape index (κ3) is 3.22. The van der Waals surface area contributed by atoms with Crippen LogP contribution in [-0.4, -0.2) is 15.2 Å². The molecule has 0 fully saturated rings. The van der Waals surface area contributed by atoms with Crippen molar-refractivity contribution in [2.24, 2.45) is 0 Å². The van der Waals surface area contributed by atoms with Gasteiger partial charge >= 0.3 is 0 Å². The van der Waals surface area contributed by atoms with Crippen LogP contribution in [-0.2, 0) is 11.3 Å². The molecule has 1 aromatic heterocycles. The van der Waals surface area contributed by atoms with E-state index in [2.05, 4.69) is 26.2 Å². The van der Waals surface area contributed by atoms with E-state index in [0.29, 0.717) is 6.54 Å². The van der Waals surface area contributed by atoms with Gasteiger partial charge in [0.05, 0.1) is 4.32 Å². The van der Waals surface area contributed by atoms with Gasteiger partial charge in [-0.15, -0.1) is 0 Å². The molecular weight excluding hydrogens is 232 g/mol. The average Bonchev–Trinajstić information content (AvgIpc) is 2.50. The molecule has 3 nitrogen and oxygen atoms in total. The zero-order valence-electron chi connectivity index (χ0n) is 7.73. The Morgan fingerprint density at radius 2 is 2.38 bits per heavy atom. The quantitative estimate of drug-likeness (QED) is 0.783. The smallest absolute Gasteiger partial charge is 0.236 e. The third-order valence-corrected chi connectivity index (χ3v) is 2.02. The highest BCUT2D eigenvalue weighted by molar-refractivity contribution is 9.10. The minimum Gasteiger partial charge on any atom is -0.367 e. The summed E-state index contributed by atoms with van der Waals surface area (Å²) in [7, 11) is 0. The number of aromatic nitrogens is 1. The van der Waals surface area contributed by atoms with E-state index in [-0.39, 0.29) is 5.91 Å². The van der Waals surface area contributed by atoms with E-state index in [0.717, 1.165) is 5.56 Å². The Balaban J connectivity index is 2.40. The second-order valence-corrected chi connectivity index (χ2v) is 5.36. The van der Waals surface area contributed by atoms with Crippen LogP contribution in [0.3, 0.4) is 0 Å². The van der Waals surface area contributed by atoms with Crippen LogP contribution in [0, 0.1) is 0 Å². The summed E-state index contributed by atoms with van der Waals surface area (Å²) in [4.78, 5) is 14.3. The summed E-state index contributed by atoms with van der Waals surface area (Å²) in [6, 6.07) is 1.93. The van der Waals surface area contributed by atoms with Crippen LogP contribution in [0.1, 0.15) is 19.4 Å². The van der Waals surface area contributed by atoms with Crippen LogP contribution in [0.5, 0.6) is 0 Å². The molecule has 0 bridgehead atoms. The monoisotopic (exact) mass is 244 g/mol. The number of hydrogen-bond donors (Lipinski definition) is 2. The molecule has 0 spiro atoms. The molecule has 0 aliphatic rings. The van der Waals surface area contributed by atoms with Gasteiger partial charge in [0.1, 0.15) is 0 Å². The predicted molar refractivity (Wildman–Crippen MR) is 55.6 cm³/mol. The molecule has 1 rings (SSSR count). The Hall–Kier alpha value is -0.770. The molecule has 4 heteroatoms. The average molecular weight is 245 g/mol. The fourth-order valence-corrected chi connectivity index (χ4v) is 1.00. The van der Waals surface area contributed by atoms with Crippen molar-refractivity contribution in [1.82, 2.24) is 10.3 Å². The third-order valence-electron chi connectivity index (χ3n) is 1.66. The summed E-state index contributed by atoms with van der Waals surface area (Å²) in [5.41, 5.74) is 1.07. The number of nitrogens with one attached hydrogen (secondary N) is 2. The van der Waals surface area contributed by atoms with E-state index in [1.54, 1.807) is 0 Å². The molecule has 13 heavy (non-hydrogen) atoms. The second kappa shape index (κ2) is 3.96. The summed E-state index contributed by atoms with van der Waals surface area (Å²) in [5.74, 6) is -0.00583. The normalized spacial score (nSPS) is 11.3. The molecule has 0 aliphatic carbocycles. The van der Waals surface area contributed by atoms with Gasteiger partial charge in [0.15, 0.2) is 0 Å². The van der Waals surface area contributed by atoms with E-state index in [1.807, 2.05) is 32.3 Å². The number of aromatic amines is 1. The zero-order valence-corrected chi connectivity index (χ0v) is 9.31. The molecule has 72 valence electrons. The van der Waals surface area contributed by atoms with Crippen LogP contribution in [0.2, 0.25) is 0 Å². The largest absolute Gasteiger partial charge is 0.367 e. The number of carbonyl (C=O) groups is 1. The second-order valence-electron chi connectivity index (χ2n) is 3.37. The maximum atomic E-state index is 11.4. The van der Waals surface area contributed by atoms with Crippen molar-refractivity contribution in [3.8, 4) is 0 Å². The summed E-state index contributed by atoms with van der Waals surface area (Å²) in [6.07, 6.45) is 3.70. The van der Waals surface area contributed by atoms with Gasteiger partial charge in [-0.3, -0.25) is 4.79 Å². The van der Waals surface area contributed by atoms with E-state index in [9.17, 15) is 4.79 Å². The molecule has 1 amide bonds. The standard InChI is InChI=1S/C9H13BrN2O/c1-9(2,10)8(13)12-6-7-3-4-11-5-7/h3-5,11H,6H2,1-2H3,(H,12,13). The van der Waals surface area contributed by atoms with Crippen molar-refractivity contribution in [2.75, 3.05) is 0 Å². The summed E-state index contributed by atoms with van der Waals surface area (Å²) >= 11 is 3.29. The molecule has 0 aromatic carbocycles. The lowest BCUT2D eigenvalue weighted by Gasteiger charge is -2.15. The Morgan fingerprint density at radius 1 is 1.69 bits per heavy atom. The van der Waals surface area contributed by atoms with Crippen molar-refractivity contribution < 1.29 is 4.79 Å². The fourth-order valence-electron chi connectivity index (χ4n) is 0.861. The molecule has 0 saturated heterocycles. The first-order valence-electron chi connectivity index (χ1n) is 4.09. The molecule has 0 unspecified atom stereocenters. The molecular formula is C9H13BrN2O. The van der Waals surface area contributed by atoms with E-state index >= 15 is 0 Å². The van der Waals surface area contributed by atoms with E-state index in [4.69, 9.17) is 0 Å².